The third-order valence-corrected chi connectivity index (χ3v) is 4.01. The van der Waals surface area contributed by atoms with Gasteiger partial charge in [0.1, 0.15) is 11.6 Å². The minimum atomic E-state index is -0.902. The summed E-state index contributed by atoms with van der Waals surface area (Å²) < 4.78 is 29.3. The van der Waals surface area contributed by atoms with Crippen LogP contribution in [0, 0.1) is 11.6 Å². The van der Waals surface area contributed by atoms with Crippen LogP contribution in [-0.2, 0) is 19.9 Å². The molecule has 0 spiro atoms. The van der Waals surface area contributed by atoms with Gasteiger partial charge in [0.25, 0.3) is 0 Å². The summed E-state index contributed by atoms with van der Waals surface area (Å²) in [4.78, 5) is 12.2. The summed E-state index contributed by atoms with van der Waals surface area (Å²) in [6, 6.07) is 2.11. The molecule has 112 valence electrons. The first kappa shape index (κ1) is 16.1. The van der Waals surface area contributed by atoms with Crippen molar-refractivity contribution in [2.45, 2.75) is 19.8 Å². The Hall–Kier alpha value is -1.27. The van der Waals surface area contributed by atoms with Gasteiger partial charge < -0.3 is 0 Å². The molecule has 1 heterocycles. The van der Waals surface area contributed by atoms with Crippen molar-refractivity contribution in [2.24, 2.45) is 7.05 Å². The van der Waals surface area contributed by atoms with Crippen molar-refractivity contribution in [3.8, 4) is 0 Å². The number of aryl methyl sites for hydroxylation is 2. The van der Waals surface area contributed by atoms with Crippen LogP contribution >= 0.6 is 27.5 Å². The molecule has 0 amide bonds. The molecule has 0 bridgehead atoms. The normalized spacial score (nSPS) is 11.0. The lowest BCUT2D eigenvalue weighted by Gasteiger charge is -2.06. The standard InChI is InChI=1S/C14H12BrClF2N2O/c1-3-10-14(16)11(20(2)19-10)6-12(21)13-8(17)4-7(15)5-9(13)18/h4-5H,3,6H2,1-2H3. The van der Waals surface area contributed by atoms with Crippen LogP contribution in [0.3, 0.4) is 0 Å². The smallest absolute Gasteiger partial charge is 0.174 e. The van der Waals surface area contributed by atoms with Crippen LogP contribution in [0.15, 0.2) is 16.6 Å². The van der Waals surface area contributed by atoms with Crippen LogP contribution in [-0.4, -0.2) is 15.6 Å². The summed E-state index contributed by atoms with van der Waals surface area (Å²) in [6.07, 6.45) is 0.402. The number of benzene rings is 1. The van der Waals surface area contributed by atoms with Crippen molar-refractivity contribution in [3.05, 3.63) is 50.2 Å². The van der Waals surface area contributed by atoms with E-state index in [1.165, 1.54) is 4.68 Å². The number of carbonyl (C=O) groups is 1. The number of carbonyl (C=O) groups excluding carboxylic acids is 1. The number of nitrogens with zero attached hydrogens (tertiary/aromatic N) is 2. The van der Waals surface area contributed by atoms with E-state index in [-0.39, 0.29) is 10.9 Å². The molecule has 1 aromatic carbocycles. The fraction of sp³-hybridized carbons (Fsp3) is 0.286. The van der Waals surface area contributed by atoms with E-state index in [0.717, 1.165) is 12.1 Å². The second-order valence-electron chi connectivity index (χ2n) is 4.53. The Bertz CT molecular complexity index is 692. The number of hydrogen-bond acceptors (Lipinski definition) is 2. The molecule has 1 aromatic heterocycles. The Morgan fingerprint density at radius 1 is 1.38 bits per heavy atom. The van der Waals surface area contributed by atoms with E-state index in [2.05, 4.69) is 21.0 Å². The summed E-state index contributed by atoms with van der Waals surface area (Å²) in [7, 11) is 1.64. The zero-order valence-electron chi connectivity index (χ0n) is 11.4. The highest BCUT2D eigenvalue weighted by atomic mass is 79.9. The number of rotatable bonds is 4. The Morgan fingerprint density at radius 2 is 1.95 bits per heavy atom. The summed E-state index contributed by atoms with van der Waals surface area (Å²) in [5, 5.41) is 4.54. The van der Waals surface area contributed by atoms with E-state index in [9.17, 15) is 13.6 Å². The number of aromatic nitrogens is 2. The molecule has 2 aromatic rings. The number of halogens is 4. The topological polar surface area (TPSA) is 34.9 Å². The van der Waals surface area contributed by atoms with E-state index < -0.39 is 23.0 Å². The van der Waals surface area contributed by atoms with Crippen LogP contribution < -0.4 is 0 Å². The monoisotopic (exact) mass is 376 g/mol. The third kappa shape index (κ3) is 3.16. The Balaban J connectivity index is 2.37. The maximum absolute atomic E-state index is 13.8. The predicted octanol–water partition coefficient (Wildman–Crippen LogP) is 4.10. The van der Waals surface area contributed by atoms with Crippen molar-refractivity contribution in [3.63, 3.8) is 0 Å². The SMILES string of the molecule is CCc1nn(C)c(CC(=O)c2c(F)cc(Br)cc2F)c1Cl. The highest BCUT2D eigenvalue weighted by Gasteiger charge is 2.22. The van der Waals surface area contributed by atoms with Gasteiger partial charge in [0.05, 0.1) is 28.4 Å². The molecule has 21 heavy (non-hydrogen) atoms. The maximum atomic E-state index is 13.8. The van der Waals surface area contributed by atoms with Crippen LogP contribution in [0.2, 0.25) is 5.02 Å². The molecule has 0 aliphatic carbocycles. The minimum Gasteiger partial charge on any atom is -0.294 e. The van der Waals surface area contributed by atoms with Crippen LogP contribution in [0.25, 0.3) is 0 Å². The van der Waals surface area contributed by atoms with Gasteiger partial charge in [0.2, 0.25) is 0 Å². The van der Waals surface area contributed by atoms with Gasteiger partial charge in [0.15, 0.2) is 5.78 Å². The van der Waals surface area contributed by atoms with Crippen molar-refractivity contribution in [2.75, 3.05) is 0 Å². The molecular weight excluding hydrogens is 366 g/mol. The predicted molar refractivity (Wildman–Crippen MR) is 79.7 cm³/mol. The lowest BCUT2D eigenvalue weighted by atomic mass is 10.0. The molecule has 0 aliphatic rings. The number of ketones is 1. The first-order chi connectivity index (χ1) is 9.85. The molecule has 0 atom stereocenters. The van der Waals surface area contributed by atoms with Crippen molar-refractivity contribution in [1.29, 1.82) is 0 Å². The average Bonchev–Trinajstić information content (AvgIpc) is 2.65. The molecular formula is C14H12BrClF2N2O. The van der Waals surface area contributed by atoms with Gasteiger partial charge in [-0.15, -0.1) is 0 Å². The summed E-state index contributed by atoms with van der Waals surface area (Å²) in [5.74, 6) is -2.48. The quantitative estimate of drug-likeness (QED) is 0.752. The van der Waals surface area contributed by atoms with Gasteiger partial charge in [-0.3, -0.25) is 9.48 Å². The van der Waals surface area contributed by atoms with E-state index >= 15 is 0 Å². The highest BCUT2D eigenvalue weighted by Crippen LogP contribution is 2.25. The Morgan fingerprint density at radius 3 is 2.43 bits per heavy atom. The molecule has 0 N–H and O–H groups in total. The second kappa shape index (κ2) is 6.23. The first-order valence-electron chi connectivity index (χ1n) is 6.23. The fourth-order valence-electron chi connectivity index (χ4n) is 2.06. The van der Waals surface area contributed by atoms with Crippen molar-refractivity contribution in [1.82, 2.24) is 9.78 Å². The van der Waals surface area contributed by atoms with Gasteiger partial charge >= 0.3 is 0 Å². The zero-order valence-corrected chi connectivity index (χ0v) is 13.7. The van der Waals surface area contributed by atoms with E-state index in [1.54, 1.807) is 7.05 Å². The van der Waals surface area contributed by atoms with E-state index in [4.69, 9.17) is 11.6 Å². The Labute approximate surface area is 134 Å². The fourth-order valence-corrected chi connectivity index (χ4v) is 2.82. The Kier molecular flexibility index (Phi) is 4.78. The largest absolute Gasteiger partial charge is 0.294 e. The average molecular weight is 378 g/mol. The van der Waals surface area contributed by atoms with Crippen LogP contribution in [0.5, 0.6) is 0 Å². The molecule has 0 saturated heterocycles. The van der Waals surface area contributed by atoms with Gasteiger partial charge in [-0.1, -0.05) is 34.5 Å². The summed E-state index contributed by atoms with van der Waals surface area (Å²) in [6.45, 7) is 1.88. The minimum absolute atomic E-state index is 0.211. The second-order valence-corrected chi connectivity index (χ2v) is 5.82. The molecule has 0 saturated carbocycles. The summed E-state index contributed by atoms with van der Waals surface area (Å²) in [5.41, 5.74) is 0.535. The lowest BCUT2D eigenvalue weighted by molar-refractivity contribution is 0.0982. The third-order valence-electron chi connectivity index (χ3n) is 3.12. The van der Waals surface area contributed by atoms with Crippen LogP contribution in [0.1, 0.15) is 28.7 Å². The lowest BCUT2D eigenvalue weighted by Crippen LogP contribution is -2.12. The highest BCUT2D eigenvalue weighted by molar-refractivity contribution is 9.10. The van der Waals surface area contributed by atoms with E-state index in [1.807, 2.05) is 6.92 Å². The summed E-state index contributed by atoms with van der Waals surface area (Å²) >= 11 is 9.11. The van der Waals surface area contributed by atoms with Crippen molar-refractivity contribution < 1.29 is 13.6 Å². The molecule has 2 rings (SSSR count). The van der Waals surface area contributed by atoms with Crippen molar-refractivity contribution >= 4 is 33.3 Å². The number of hydrogen-bond donors (Lipinski definition) is 0. The molecule has 0 unspecified atom stereocenters. The molecule has 0 radical (unpaired) electrons. The molecule has 0 aliphatic heterocycles. The number of Topliss-reactive ketones (excluding diaryl/α,β-unsaturated/α-hetero) is 1. The molecule has 0 fully saturated rings. The van der Waals surface area contributed by atoms with Gasteiger partial charge in [-0.2, -0.15) is 5.10 Å². The van der Waals surface area contributed by atoms with Gasteiger partial charge in [0, 0.05) is 11.5 Å². The van der Waals surface area contributed by atoms with Gasteiger partial charge in [-0.25, -0.2) is 8.78 Å². The maximum Gasteiger partial charge on any atom is 0.174 e. The molecule has 7 heteroatoms. The van der Waals surface area contributed by atoms with E-state index in [0.29, 0.717) is 22.8 Å². The first-order valence-corrected chi connectivity index (χ1v) is 7.40. The van der Waals surface area contributed by atoms with Gasteiger partial charge in [-0.05, 0) is 18.6 Å². The zero-order chi connectivity index (χ0) is 15.7. The molecule has 3 nitrogen and oxygen atoms in total. The van der Waals surface area contributed by atoms with Crippen LogP contribution in [0.4, 0.5) is 8.78 Å².